The molecule has 1 saturated heterocycles. The fourth-order valence-corrected chi connectivity index (χ4v) is 3.92. The number of hydrogen-bond acceptors (Lipinski definition) is 3. The van der Waals surface area contributed by atoms with Gasteiger partial charge in [-0.15, -0.1) is 0 Å². The van der Waals surface area contributed by atoms with Crippen molar-refractivity contribution in [1.29, 1.82) is 0 Å². The number of anilines is 1. The molecular weight excluding hydrogens is 392 g/mol. The molecule has 0 bridgehead atoms. The van der Waals surface area contributed by atoms with Crippen LogP contribution in [0.25, 0.3) is 0 Å². The Balaban J connectivity index is 1.96. The molecule has 2 unspecified atom stereocenters. The van der Waals surface area contributed by atoms with Gasteiger partial charge in [0.15, 0.2) is 0 Å². The van der Waals surface area contributed by atoms with E-state index in [-0.39, 0.29) is 12.0 Å². The number of carboxylic acid groups (broad SMARTS) is 1. The second kappa shape index (κ2) is 8.23. The summed E-state index contributed by atoms with van der Waals surface area (Å²) >= 11 is 3.50. The second-order valence-electron chi connectivity index (χ2n) is 7.11. The van der Waals surface area contributed by atoms with E-state index in [0.717, 1.165) is 29.5 Å². The Kier molecular flexibility index (Phi) is 5.99. The van der Waals surface area contributed by atoms with Gasteiger partial charge in [-0.3, -0.25) is 9.69 Å². The van der Waals surface area contributed by atoms with Gasteiger partial charge in [-0.2, -0.15) is 0 Å². The van der Waals surface area contributed by atoms with Crippen molar-refractivity contribution in [2.75, 3.05) is 32.1 Å². The summed E-state index contributed by atoms with van der Waals surface area (Å²) in [5, 5.41) is 9.47. The smallest absolute Gasteiger partial charge is 0.307 e. The molecule has 0 saturated carbocycles. The predicted octanol–water partition coefficient (Wildman–Crippen LogP) is 4.40. The molecule has 0 amide bonds. The Hall–Kier alpha value is -1.85. The normalized spacial score (nSPS) is 19.1. The van der Waals surface area contributed by atoms with Crippen LogP contribution in [-0.4, -0.2) is 43.2 Å². The van der Waals surface area contributed by atoms with E-state index in [1.54, 1.807) is 0 Å². The Bertz CT molecular complexity index is 744. The number of aliphatic carboxylic acids is 1. The molecule has 1 aliphatic heterocycles. The zero-order valence-corrected chi connectivity index (χ0v) is 16.8. The highest BCUT2D eigenvalue weighted by Crippen LogP contribution is 2.34. The molecule has 1 fully saturated rings. The molecule has 1 heterocycles. The van der Waals surface area contributed by atoms with Crippen LogP contribution in [0.2, 0.25) is 0 Å². The van der Waals surface area contributed by atoms with E-state index >= 15 is 0 Å². The molecule has 2 atom stereocenters. The molecule has 1 aliphatic rings. The first-order chi connectivity index (χ1) is 12.5. The lowest BCUT2D eigenvalue weighted by molar-refractivity contribution is -0.143. The maximum absolute atomic E-state index is 11.5. The number of nitrogens with zero attached hydrogens (tertiary/aromatic N) is 2. The Morgan fingerprint density at radius 3 is 2.23 bits per heavy atom. The zero-order valence-electron chi connectivity index (χ0n) is 15.2. The van der Waals surface area contributed by atoms with Gasteiger partial charge in [-0.05, 0) is 54.8 Å². The summed E-state index contributed by atoms with van der Waals surface area (Å²) in [4.78, 5) is 15.9. The van der Waals surface area contributed by atoms with Crippen LogP contribution < -0.4 is 4.90 Å². The van der Waals surface area contributed by atoms with Crippen LogP contribution in [0.4, 0.5) is 5.69 Å². The number of halogens is 1. The van der Waals surface area contributed by atoms with Gasteiger partial charge >= 0.3 is 5.97 Å². The van der Waals surface area contributed by atoms with Crippen LogP contribution in [0, 0.1) is 5.92 Å². The van der Waals surface area contributed by atoms with Gasteiger partial charge in [0.05, 0.1) is 12.0 Å². The van der Waals surface area contributed by atoms with Crippen molar-refractivity contribution >= 4 is 27.6 Å². The Morgan fingerprint density at radius 2 is 1.69 bits per heavy atom. The van der Waals surface area contributed by atoms with Crippen molar-refractivity contribution < 1.29 is 9.90 Å². The van der Waals surface area contributed by atoms with Gasteiger partial charge in [-0.1, -0.05) is 40.2 Å². The van der Waals surface area contributed by atoms with E-state index in [0.29, 0.717) is 6.54 Å². The van der Waals surface area contributed by atoms with Gasteiger partial charge < -0.3 is 10.0 Å². The summed E-state index contributed by atoms with van der Waals surface area (Å²) in [5.41, 5.74) is 3.55. The number of carboxylic acids is 1. The lowest BCUT2D eigenvalue weighted by Crippen LogP contribution is -2.41. The van der Waals surface area contributed by atoms with Crippen molar-refractivity contribution in [3.63, 3.8) is 0 Å². The molecule has 3 rings (SSSR count). The van der Waals surface area contributed by atoms with Crippen molar-refractivity contribution in [2.24, 2.45) is 5.92 Å². The number of hydrogen-bond donors (Lipinski definition) is 1. The highest BCUT2D eigenvalue weighted by molar-refractivity contribution is 9.10. The average Bonchev–Trinajstić information content (AvgIpc) is 2.64. The summed E-state index contributed by atoms with van der Waals surface area (Å²) in [5.74, 6) is -0.977. The molecule has 0 radical (unpaired) electrons. The third-order valence-corrected chi connectivity index (χ3v) is 5.61. The molecule has 2 aromatic carbocycles. The van der Waals surface area contributed by atoms with Gasteiger partial charge in [0.2, 0.25) is 0 Å². The molecule has 0 spiro atoms. The third-order valence-electron chi connectivity index (χ3n) is 5.08. The molecule has 26 heavy (non-hydrogen) atoms. The van der Waals surface area contributed by atoms with Crippen LogP contribution in [0.1, 0.15) is 30.0 Å². The second-order valence-corrected chi connectivity index (χ2v) is 8.03. The van der Waals surface area contributed by atoms with Crippen molar-refractivity contribution in [1.82, 2.24) is 4.90 Å². The van der Waals surface area contributed by atoms with E-state index in [2.05, 4.69) is 74.3 Å². The number of rotatable bonds is 5. The van der Waals surface area contributed by atoms with Crippen LogP contribution in [0.5, 0.6) is 0 Å². The van der Waals surface area contributed by atoms with Crippen molar-refractivity contribution in [3.05, 3.63) is 64.1 Å². The van der Waals surface area contributed by atoms with Crippen molar-refractivity contribution in [2.45, 2.75) is 18.9 Å². The number of benzene rings is 2. The van der Waals surface area contributed by atoms with Crippen LogP contribution in [0.15, 0.2) is 53.0 Å². The fourth-order valence-electron chi connectivity index (χ4n) is 3.66. The summed E-state index contributed by atoms with van der Waals surface area (Å²) in [7, 11) is 4.06. The number of carbonyl (C=O) groups is 1. The number of piperidine rings is 1. The van der Waals surface area contributed by atoms with Crippen LogP contribution >= 0.6 is 15.9 Å². The largest absolute Gasteiger partial charge is 0.481 e. The van der Waals surface area contributed by atoms with E-state index in [9.17, 15) is 9.90 Å². The first-order valence-electron chi connectivity index (χ1n) is 8.95. The monoisotopic (exact) mass is 416 g/mol. The molecule has 138 valence electrons. The third kappa shape index (κ3) is 4.27. The first-order valence-corrected chi connectivity index (χ1v) is 9.74. The van der Waals surface area contributed by atoms with E-state index < -0.39 is 5.97 Å². The predicted molar refractivity (Wildman–Crippen MR) is 109 cm³/mol. The van der Waals surface area contributed by atoms with E-state index in [1.165, 1.54) is 11.1 Å². The molecule has 1 N–H and O–H groups in total. The lowest BCUT2D eigenvalue weighted by Gasteiger charge is -2.37. The van der Waals surface area contributed by atoms with Gasteiger partial charge in [0.25, 0.3) is 0 Å². The maximum atomic E-state index is 11.5. The summed E-state index contributed by atoms with van der Waals surface area (Å²) in [6.07, 6.45) is 1.68. The maximum Gasteiger partial charge on any atom is 0.307 e. The molecule has 4 nitrogen and oxygen atoms in total. The first kappa shape index (κ1) is 18.9. The van der Waals surface area contributed by atoms with Gasteiger partial charge in [0, 0.05) is 30.8 Å². The van der Waals surface area contributed by atoms with E-state index in [1.807, 2.05) is 14.1 Å². The standard InChI is InChI=1S/C21H25BrN2O2/c1-23(2)19-11-7-16(8-12-19)20(15-5-9-18(22)10-6-15)24-13-3-4-17(14-24)21(25)26/h5-12,17,20H,3-4,13-14H2,1-2H3,(H,25,26). The summed E-state index contributed by atoms with van der Waals surface area (Å²) < 4.78 is 1.05. The van der Waals surface area contributed by atoms with E-state index in [4.69, 9.17) is 0 Å². The highest BCUT2D eigenvalue weighted by Gasteiger charge is 2.31. The highest BCUT2D eigenvalue weighted by atomic mass is 79.9. The minimum Gasteiger partial charge on any atom is -0.481 e. The Labute approximate surface area is 163 Å². The van der Waals surface area contributed by atoms with Gasteiger partial charge in [0.1, 0.15) is 0 Å². The number of likely N-dealkylation sites (tertiary alicyclic amines) is 1. The fraction of sp³-hybridized carbons (Fsp3) is 0.381. The topological polar surface area (TPSA) is 43.8 Å². The molecular formula is C21H25BrN2O2. The molecule has 5 heteroatoms. The Morgan fingerprint density at radius 1 is 1.12 bits per heavy atom. The lowest BCUT2D eigenvalue weighted by atomic mass is 9.91. The zero-order chi connectivity index (χ0) is 18.7. The average molecular weight is 417 g/mol. The van der Waals surface area contributed by atoms with Crippen molar-refractivity contribution in [3.8, 4) is 0 Å². The minimum absolute atomic E-state index is 0.0708. The van der Waals surface area contributed by atoms with Crippen LogP contribution in [0.3, 0.4) is 0 Å². The summed E-state index contributed by atoms with van der Waals surface area (Å²) in [6.45, 7) is 1.51. The quantitative estimate of drug-likeness (QED) is 0.783. The van der Waals surface area contributed by atoms with Gasteiger partial charge in [-0.25, -0.2) is 0 Å². The van der Waals surface area contributed by atoms with Crippen LogP contribution in [-0.2, 0) is 4.79 Å². The minimum atomic E-state index is -0.688. The molecule has 0 aliphatic carbocycles. The SMILES string of the molecule is CN(C)c1ccc(C(c2ccc(Br)cc2)N2CCCC(C(=O)O)C2)cc1. The molecule has 0 aromatic heterocycles. The summed E-state index contributed by atoms with van der Waals surface area (Å²) in [6, 6.07) is 17.0. The molecule has 2 aromatic rings.